The number of rotatable bonds is 5. The third-order valence-corrected chi connectivity index (χ3v) is 2.20. The maximum Gasteiger partial charge on any atom is 0.140 e. The van der Waals surface area contributed by atoms with Gasteiger partial charge in [0.1, 0.15) is 17.9 Å². The van der Waals surface area contributed by atoms with Gasteiger partial charge < -0.3 is 10.2 Å². The van der Waals surface area contributed by atoms with Crippen molar-refractivity contribution >= 4 is 0 Å². The number of hydrogen-bond donors (Lipinski definition) is 2. The molecule has 0 saturated carbocycles. The van der Waals surface area contributed by atoms with Crippen LogP contribution in [0.15, 0.2) is 23.4 Å². The second-order valence-corrected chi connectivity index (χ2v) is 3.34. The van der Waals surface area contributed by atoms with Crippen LogP contribution in [0.3, 0.4) is 0 Å². The highest BCUT2D eigenvalue weighted by molar-refractivity contribution is 5.24. The van der Waals surface area contributed by atoms with Crippen molar-refractivity contribution < 1.29 is 10.2 Å². The van der Waals surface area contributed by atoms with Gasteiger partial charge in [-0.25, -0.2) is 4.98 Å². The third-order valence-electron chi connectivity index (χ3n) is 2.20. The van der Waals surface area contributed by atoms with E-state index in [1.165, 1.54) is 18.3 Å². The number of hydrogen-bond acceptors (Lipinski definition) is 5. The smallest absolute Gasteiger partial charge is 0.140 e. The number of pyridine rings is 1. The van der Waals surface area contributed by atoms with E-state index in [9.17, 15) is 10.2 Å². The van der Waals surface area contributed by atoms with Gasteiger partial charge >= 0.3 is 0 Å². The van der Waals surface area contributed by atoms with Crippen molar-refractivity contribution in [2.75, 3.05) is 6.54 Å². The Morgan fingerprint density at radius 2 is 2.29 bits per heavy atom. The van der Waals surface area contributed by atoms with Crippen molar-refractivity contribution in [1.29, 1.82) is 5.26 Å². The Balaban J connectivity index is 2.64. The summed E-state index contributed by atoms with van der Waals surface area (Å²) in [4.78, 5) is 6.33. The largest absolute Gasteiger partial charge is 0.390 e. The third kappa shape index (κ3) is 3.74. The summed E-state index contributed by atoms with van der Waals surface area (Å²) >= 11 is 0. The maximum absolute atomic E-state index is 9.74. The zero-order valence-corrected chi connectivity index (χ0v) is 8.93. The molecule has 0 saturated heterocycles. The van der Waals surface area contributed by atoms with Gasteiger partial charge in [-0.2, -0.15) is 5.26 Å². The molecule has 0 fully saturated rings. The lowest BCUT2D eigenvalue weighted by molar-refractivity contribution is 0.0148. The average Bonchev–Trinajstić information content (AvgIpc) is 2.38. The van der Waals surface area contributed by atoms with Gasteiger partial charge in [0, 0.05) is 23.2 Å². The van der Waals surface area contributed by atoms with Crippen LogP contribution in [0.4, 0.5) is 0 Å². The van der Waals surface area contributed by atoms with Gasteiger partial charge in [-0.3, -0.25) is 0 Å². The molecule has 1 aromatic rings. The van der Waals surface area contributed by atoms with Crippen LogP contribution < -0.4 is 0 Å². The minimum absolute atomic E-state index is 0.110. The molecule has 0 aliphatic heterocycles. The fourth-order valence-corrected chi connectivity index (χ4v) is 1.26. The summed E-state index contributed by atoms with van der Waals surface area (Å²) in [5, 5.41) is 31.2. The predicted molar refractivity (Wildman–Crippen MR) is 58.5 cm³/mol. The van der Waals surface area contributed by atoms with Gasteiger partial charge in [0.25, 0.3) is 0 Å². The first-order valence-electron chi connectivity index (χ1n) is 4.92. The molecule has 0 radical (unpaired) electrons. The normalized spacial score (nSPS) is 13.2. The van der Waals surface area contributed by atoms with E-state index in [1.54, 1.807) is 0 Å². The van der Waals surface area contributed by atoms with Crippen molar-refractivity contribution in [3.8, 4) is 6.07 Å². The fraction of sp³-hybridized carbons (Fsp3) is 0.400. The van der Waals surface area contributed by atoms with Gasteiger partial charge in [0.15, 0.2) is 0 Å². The molecular weight excluding hydrogens is 222 g/mol. The van der Waals surface area contributed by atoms with Gasteiger partial charge in [-0.15, -0.1) is 0 Å². The molecule has 7 nitrogen and oxygen atoms in total. The van der Waals surface area contributed by atoms with E-state index >= 15 is 0 Å². The Bertz CT molecular complexity index is 447. The van der Waals surface area contributed by atoms with Crippen LogP contribution in [0.2, 0.25) is 0 Å². The van der Waals surface area contributed by atoms with Crippen molar-refractivity contribution in [2.45, 2.75) is 18.6 Å². The molecular formula is C10H11N5O2. The minimum atomic E-state index is -1.11. The molecule has 0 aliphatic rings. The molecule has 88 valence electrons. The lowest BCUT2D eigenvalue weighted by Crippen LogP contribution is -2.19. The highest BCUT2D eigenvalue weighted by Crippen LogP contribution is 2.18. The number of aliphatic hydroxyl groups excluding tert-OH is 2. The standard InChI is InChI=1S/C10H11N5O2/c11-5-8-2-1-7(6-13-8)10(17)9(16)3-4-14-15-12/h1-2,6,9-10,16-17H,3-4H2. The Labute approximate surface area is 97.6 Å². The van der Waals surface area contributed by atoms with Crippen LogP contribution in [0, 0.1) is 11.3 Å². The van der Waals surface area contributed by atoms with Gasteiger partial charge in [-0.05, 0) is 18.0 Å². The minimum Gasteiger partial charge on any atom is -0.390 e. The van der Waals surface area contributed by atoms with Crippen molar-refractivity contribution in [3.05, 3.63) is 40.0 Å². The van der Waals surface area contributed by atoms with Crippen molar-refractivity contribution in [3.63, 3.8) is 0 Å². The van der Waals surface area contributed by atoms with Crippen LogP contribution in [0.5, 0.6) is 0 Å². The summed E-state index contributed by atoms with van der Waals surface area (Å²) in [7, 11) is 0. The summed E-state index contributed by atoms with van der Waals surface area (Å²) in [6, 6.07) is 4.83. The molecule has 2 atom stereocenters. The molecule has 2 N–H and O–H groups in total. The summed E-state index contributed by atoms with van der Waals surface area (Å²) in [6.45, 7) is 0.110. The first-order valence-corrected chi connectivity index (χ1v) is 4.92. The fourth-order valence-electron chi connectivity index (χ4n) is 1.26. The van der Waals surface area contributed by atoms with Crippen LogP contribution in [-0.4, -0.2) is 27.8 Å². The first-order chi connectivity index (χ1) is 8.19. The number of nitriles is 1. The average molecular weight is 233 g/mol. The van der Waals surface area contributed by atoms with E-state index in [2.05, 4.69) is 15.0 Å². The van der Waals surface area contributed by atoms with E-state index in [0.717, 1.165) is 0 Å². The zero-order chi connectivity index (χ0) is 12.7. The molecule has 1 heterocycles. The molecule has 0 bridgehead atoms. The quantitative estimate of drug-likeness (QED) is 0.447. The summed E-state index contributed by atoms with van der Waals surface area (Å²) in [6.07, 6.45) is -0.648. The second kappa shape index (κ2) is 6.45. The van der Waals surface area contributed by atoms with Gasteiger partial charge in [0.2, 0.25) is 0 Å². The Kier molecular flexibility index (Phi) is 4.91. The summed E-state index contributed by atoms with van der Waals surface area (Å²) < 4.78 is 0. The van der Waals surface area contributed by atoms with Crippen LogP contribution in [0.25, 0.3) is 10.4 Å². The molecule has 0 spiro atoms. The number of nitrogens with zero attached hydrogens (tertiary/aromatic N) is 5. The predicted octanol–water partition coefficient (Wildman–Crippen LogP) is 1.05. The topological polar surface area (TPSA) is 126 Å². The van der Waals surface area contributed by atoms with Gasteiger partial charge in [-0.1, -0.05) is 11.2 Å². The lowest BCUT2D eigenvalue weighted by atomic mass is 10.0. The Morgan fingerprint density at radius 3 is 2.82 bits per heavy atom. The molecule has 1 rings (SSSR count). The van der Waals surface area contributed by atoms with Crippen molar-refractivity contribution in [1.82, 2.24) is 4.98 Å². The van der Waals surface area contributed by atoms with E-state index in [0.29, 0.717) is 5.56 Å². The number of aromatic nitrogens is 1. The highest BCUT2D eigenvalue weighted by Gasteiger charge is 2.17. The summed E-state index contributed by atoms with van der Waals surface area (Å²) in [5.74, 6) is 0. The first kappa shape index (κ1) is 12.9. The molecule has 2 unspecified atom stereocenters. The van der Waals surface area contributed by atoms with E-state index in [1.807, 2.05) is 6.07 Å². The molecule has 0 aromatic carbocycles. The molecule has 17 heavy (non-hydrogen) atoms. The SMILES string of the molecule is N#Cc1ccc(C(O)C(O)CCN=[N+]=[N-])cn1. The maximum atomic E-state index is 9.74. The Hall–Kier alpha value is -2.13. The van der Waals surface area contributed by atoms with Crippen LogP contribution >= 0.6 is 0 Å². The van der Waals surface area contributed by atoms with Crippen LogP contribution in [0.1, 0.15) is 23.8 Å². The number of aliphatic hydroxyl groups is 2. The van der Waals surface area contributed by atoms with Crippen molar-refractivity contribution in [2.24, 2.45) is 5.11 Å². The van der Waals surface area contributed by atoms with Crippen LogP contribution in [-0.2, 0) is 0 Å². The number of azide groups is 1. The zero-order valence-electron chi connectivity index (χ0n) is 8.93. The van der Waals surface area contributed by atoms with E-state index in [-0.39, 0.29) is 18.7 Å². The molecule has 0 aliphatic carbocycles. The van der Waals surface area contributed by atoms with E-state index < -0.39 is 12.2 Å². The monoisotopic (exact) mass is 233 g/mol. The van der Waals surface area contributed by atoms with E-state index in [4.69, 9.17) is 10.8 Å². The summed E-state index contributed by atoms with van der Waals surface area (Å²) in [5.41, 5.74) is 8.72. The molecule has 7 heteroatoms. The Morgan fingerprint density at radius 1 is 1.53 bits per heavy atom. The molecule has 1 aromatic heterocycles. The van der Waals surface area contributed by atoms with Gasteiger partial charge in [0.05, 0.1) is 6.10 Å². The molecule has 0 amide bonds. The second-order valence-electron chi connectivity index (χ2n) is 3.34. The highest BCUT2D eigenvalue weighted by atomic mass is 16.3. The lowest BCUT2D eigenvalue weighted by Gasteiger charge is -2.16.